The minimum absolute atomic E-state index is 0.0198. The van der Waals surface area contributed by atoms with Crippen molar-refractivity contribution in [3.05, 3.63) is 70.8 Å². The minimum atomic E-state index is -1.63. The smallest absolute Gasteiger partial charge is 0.335 e. The molecule has 2 rings (SSSR count). The van der Waals surface area contributed by atoms with Crippen LogP contribution in [0.3, 0.4) is 0 Å². The Kier molecular flexibility index (Phi) is 6.47. The topological polar surface area (TPSA) is 91.7 Å². The molecule has 0 saturated heterocycles. The number of carboxylic acid groups (broad SMARTS) is 2. The van der Waals surface area contributed by atoms with E-state index in [1.807, 2.05) is 31.2 Å². The van der Waals surface area contributed by atoms with E-state index in [4.69, 9.17) is 5.11 Å². The molecular formula is C19H20O5S. The monoisotopic (exact) mass is 360 g/mol. The molecule has 0 aliphatic rings. The lowest BCUT2D eigenvalue weighted by Gasteiger charge is -2.13. The third-order valence-corrected chi connectivity index (χ3v) is 5.58. The summed E-state index contributed by atoms with van der Waals surface area (Å²) < 4.78 is 12.5. The van der Waals surface area contributed by atoms with Crippen molar-refractivity contribution in [2.45, 2.75) is 30.8 Å². The molecule has 0 saturated carbocycles. The van der Waals surface area contributed by atoms with Crippen LogP contribution >= 0.6 is 0 Å². The summed E-state index contributed by atoms with van der Waals surface area (Å²) in [5.41, 5.74) is 2.78. The van der Waals surface area contributed by atoms with Crippen molar-refractivity contribution in [1.82, 2.24) is 0 Å². The number of rotatable bonds is 8. The van der Waals surface area contributed by atoms with Gasteiger partial charge in [0.2, 0.25) is 0 Å². The molecular weight excluding hydrogens is 340 g/mol. The van der Waals surface area contributed by atoms with E-state index < -0.39 is 28.0 Å². The number of carboxylic acids is 2. The molecule has 2 aromatic rings. The first-order valence-corrected chi connectivity index (χ1v) is 9.23. The Morgan fingerprint density at radius 3 is 2.32 bits per heavy atom. The fraction of sp³-hybridized carbons (Fsp3) is 0.263. The molecule has 0 aromatic heterocycles. The van der Waals surface area contributed by atoms with Gasteiger partial charge in [-0.1, -0.05) is 42.0 Å². The summed E-state index contributed by atoms with van der Waals surface area (Å²) in [7, 11) is -1.63. The third kappa shape index (κ3) is 5.53. The van der Waals surface area contributed by atoms with Gasteiger partial charge in [0, 0.05) is 16.6 Å². The summed E-state index contributed by atoms with van der Waals surface area (Å²) in [5, 5.41) is 17.4. The highest BCUT2D eigenvalue weighted by Crippen LogP contribution is 2.15. The van der Waals surface area contributed by atoms with Gasteiger partial charge in [-0.05, 0) is 43.0 Å². The van der Waals surface area contributed by atoms with E-state index in [1.54, 1.807) is 12.1 Å². The molecule has 2 aromatic carbocycles. The number of hydrogen-bond donors (Lipinski definition) is 2. The molecule has 25 heavy (non-hydrogen) atoms. The predicted molar refractivity (Wildman–Crippen MR) is 96.2 cm³/mol. The molecule has 0 bridgehead atoms. The highest BCUT2D eigenvalue weighted by molar-refractivity contribution is 7.85. The van der Waals surface area contributed by atoms with Gasteiger partial charge in [0.05, 0.1) is 5.56 Å². The maximum Gasteiger partial charge on any atom is 0.335 e. The second kappa shape index (κ2) is 8.58. The van der Waals surface area contributed by atoms with Gasteiger partial charge >= 0.3 is 11.9 Å². The summed E-state index contributed by atoms with van der Waals surface area (Å²) >= 11 is 0. The zero-order chi connectivity index (χ0) is 18.4. The lowest BCUT2D eigenvalue weighted by molar-refractivity contribution is -0.136. The molecule has 0 spiro atoms. The fourth-order valence-corrected chi connectivity index (χ4v) is 3.79. The van der Waals surface area contributed by atoms with Gasteiger partial charge in [0.15, 0.2) is 0 Å². The first-order chi connectivity index (χ1) is 11.9. The molecule has 2 N–H and O–H groups in total. The van der Waals surface area contributed by atoms with Crippen LogP contribution in [0.25, 0.3) is 0 Å². The SMILES string of the molecule is Cc1ccc(CCC(C(=O)O)S(=O)Cc2cccc(C(=O)O)c2)cc1. The number of aliphatic carboxylic acids is 1. The highest BCUT2D eigenvalue weighted by atomic mass is 32.2. The Balaban J connectivity index is 2.05. The van der Waals surface area contributed by atoms with Crippen LogP contribution in [0.15, 0.2) is 48.5 Å². The Bertz CT molecular complexity index is 783. The second-order valence-corrected chi connectivity index (χ2v) is 7.50. The van der Waals surface area contributed by atoms with E-state index in [1.165, 1.54) is 12.1 Å². The van der Waals surface area contributed by atoms with Crippen LogP contribution in [-0.2, 0) is 27.8 Å². The van der Waals surface area contributed by atoms with Gasteiger partial charge in [-0.3, -0.25) is 9.00 Å². The molecule has 0 aliphatic carbocycles. The van der Waals surface area contributed by atoms with Gasteiger partial charge in [-0.2, -0.15) is 0 Å². The van der Waals surface area contributed by atoms with Crippen LogP contribution in [0.2, 0.25) is 0 Å². The van der Waals surface area contributed by atoms with Crippen LogP contribution in [0, 0.1) is 6.92 Å². The Morgan fingerprint density at radius 2 is 1.72 bits per heavy atom. The van der Waals surface area contributed by atoms with Gasteiger partial charge in [0.25, 0.3) is 0 Å². The van der Waals surface area contributed by atoms with Gasteiger partial charge in [0.1, 0.15) is 5.25 Å². The summed E-state index contributed by atoms with van der Waals surface area (Å²) in [4.78, 5) is 22.5. The fourth-order valence-electron chi connectivity index (χ4n) is 2.48. The van der Waals surface area contributed by atoms with Crippen molar-refractivity contribution in [1.29, 1.82) is 0 Å². The average molecular weight is 360 g/mol. The van der Waals surface area contributed by atoms with E-state index in [-0.39, 0.29) is 17.7 Å². The van der Waals surface area contributed by atoms with Crippen molar-refractivity contribution >= 4 is 22.7 Å². The maximum atomic E-state index is 12.5. The molecule has 6 heteroatoms. The maximum absolute atomic E-state index is 12.5. The highest BCUT2D eigenvalue weighted by Gasteiger charge is 2.24. The Morgan fingerprint density at radius 1 is 1.04 bits per heavy atom. The van der Waals surface area contributed by atoms with E-state index in [9.17, 15) is 18.9 Å². The zero-order valence-corrected chi connectivity index (χ0v) is 14.7. The predicted octanol–water partition coefficient (Wildman–Crippen LogP) is 3.03. The number of hydrogen-bond acceptors (Lipinski definition) is 3. The van der Waals surface area contributed by atoms with Gasteiger partial charge in [-0.15, -0.1) is 0 Å². The van der Waals surface area contributed by atoms with Crippen molar-refractivity contribution in [2.75, 3.05) is 0 Å². The molecule has 0 aliphatic heterocycles. The van der Waals surface area contributed by atoms with Crippen LogP contribution in [0.1, 0.15) is 33.5 Å². The van der Waals surface area contributed by atoms with Crippen LogP contribution in [-0.4, -0.2) is 31.6 Å². The standard InChI is InChI=1S/C19H20O5S/c1-13-5-7-14(8-6-13)9-10-17(19(22)23)25(24)12-15-3-2-4-16(11-15)18(20)21/h2-8,11,17H,9-10,12H2,1H3,(H,20,21)(H,22,23). The Hall–Kier alpha value is -2.47. The first kappa shape index (κ1) is 18.9. The van der Waals surface area contributed by atoms with Crippen molar-refractivity contribution in [2.24, 2.45) is 0 Å². The lowest BCUT2D eigenvalue weighted by Crippen LogP contribution is -2.27. The lowest BCUT2D eigenvalue weighted by atomic mass is 10.1. The van der Waals surface area contributed by atoms with Gasteiger partial charge < -0.3 is 10.2 Å². The van der Waals surface area contributed by atoms with E-state index in [0.29, 0.717) is 12.0 Å². The number of aryl methyl sites for hydroxylation is 2. The van der Waals surface area contributed by atoms with Crippen molar-refractivity contribution < 1.29 is 24.0 Å². The molecule has 0 fully saturated rings. The largest absolute Gasteiger partial charge is 0.480 e. The summed E-state index contributed by atoms with van der Waals surface area (Å²) in [6, 6.07) is 13.9. The zero-order valence-electron chi connectivity index (χ0n) is 13.8. The van der Waals surface area contributed by atoms with E-state index >= 15 is 0 Å². The molecule has 2 unspecified atom stereocenters. The molecule has 2 atom stereocenters. The number of carbonyl (C=O) groups is 2. The van der Waals surface area contributed by atoms with E-state index in [2.05, 4.69) is 0 Å². The second-order valence-electron chi connectivity index (χ2n) is 5.88. The van der Waals surface area contributed by atoms with Crippen molar-refractivity contribution in [3.8, 4) is 0 Å². The number of aromatic carboxylic acids is 1. The molecule has 132 valence electrons. The normalized spacial score (nSPS) is 13.2. The molecule has 0 amide bonds. The van der Waals surface area contributed by atoms with Crippen LogP contribution < -0.4 is 0 Å². The summed E-state index contributed by atoms with van der Waals surface area (Å²) in [5.74, 6) is -2.15. The van der Waals surface area contributed by atoms with Gasteiger partial charge in [-0.25, -0.2) is 4.79 Å². The molecule has 0 radical (unpaired) electrons. The molecule has 0 heterocycles. The van der Waals surface area contributed by atoms with Crippen molar-refractivity contribution in [3.63, 3.8) is 0 Å². The Labute approximate surface area is 148 Å². The quantitative estimate of drug-likeness (QED) is 0.755. The van der Waals surface area contributed by atoms with E-state index in [0.717, 1.165) is 11.1 Å². The molecule has 5 nitrogen and oxygen atoms in total. The average Bonchev–Trinajstić information content (AvgIpc) is 2.56. The summed E-state index contributed by atoms with van der Waals surface area (Å²) in [6.07, 6.45) is 0.793. The van der Waals surface area contributed by atoms with Crippen LogP contribution in [0.5, 0.6) is 0 Å². The third-order valence-electron chi connectivity index (χ3n) is 3.89. The summed E-state index contributed by atoms with van der Waals surface area (Å²) in [6.45, 7) is 1.98. The minimum Gasteiger partial charge on any atom is -0.480 e. The number of benzene rings is 2. The first-order valence-electron chi connectivity index (χ1n) is 7.84. The van der Waals surface area contributed by atoms with Crippen LogP contribution in [0.4, 0.5) is 0 Å².